The molecule has 1 atom stereocenters. The molecule has 1 saturated carbocycles. The molecule has 0 saturated heterocycles. The summed E-state index contributed by atoms with van der Waals surface area (Å²) in [5.74, 6) is 0. The third kappa shape index (κ3) is 3.52. The lowest BCUT2D eigenvalue weighted by atomic mass is 10.1. The predicted octanol–water partition coefficient (Wildman–Crippen LogP) is 0.383. The van der Waals surface area contributed by atoms with Crippen molar-refractivity contribution in [2.75, 3.05) is 26.8 Å². The fraction of sp³-hybridized carbons (Fsp3) is 1.00. The van der Waals surface area contributed by atoms with Crippen molar-refractivity contribution in [3.05, 3.63) is 0 Å². The molecule has 0 aliphatic heterocycles. The standard InChI is InChI=1S/C9H19NO2/c1-9(3-4-9)7-10-5-8(11)6-12-2/h8,10-11H,3-7H2,1-2H3. The van der Waals surface area contributed by atoms with Gasteiger partial charge in [-0.25, -0.2) is 0 Å². The van der Waals surface area contributed by atoms with Gasteiger partial charge in [0, 0.05) is 20.2 Å². The summed E-state index contributed by atoms with van der Waals surface area (Å²) in [6.45, 7) is 4.35. The first-order chi connectivity index (χ1) is 5.66. The van der Waals surface area contributed by atoms with E-state index in [1.165, 1.54) is 12.8 Å². The highest BCUT2D eigenvalue weighted by Gasteiger charge is 2.36. The second-order valence-electron chi connectivity index (χ2n) is 4.05. The highest BCUT2D eigenvalue weighted by molar-refractivity contribution is 4.90. The molecule has 1 unspecified atom stereocenters. The molecule has 1 aliphatic rings. The molecule has 0 amide bonds. The molecule has 0 aromatic heterocycles. The van der Waals surface area contributed by atoms with Crippen molar-refractivity contribution >= 4 is 0 Å². The van der Waals surface area contributed by atoms with Crippen molar-refractivity contribution in [2.45, 2.75) is 25.9 Å². The molecule has 3 heteroatoms. The van der Waals surface area contributed by atoms with Gasteiger partial charge < -0.3 is 15.2 Å². The molecule has 3 nitrogen and oxygen atoms in total. The Morgan fingerprint density at radius 2 is 2.25 bits per heavy atom. The van der Waals surface area contributed by atoms with E-state index in [4.69, 9.17) is 4.74 Å². The molecule has 1 rings (SSSR count). The van der Waals surface area contributed by atoms with Crippen LogP contribution in [-0.2, 0) is 4.74 Å². The number of ether oxygens (including phenoxy) is 1. The van der Waals surface area contributed by atoms with Crippen LogP contribution < -0.4 is 5.32 Å². The van der Waals surface area contributed by atoms with E-state index in [9.17, 15) is 5.11 Å². The third-order valence-corrected chi connectivity index (χ3v) is 2.39. The van der Waals surface area contributed by atoms with Crippen LogP contribution in [0.1, 0.15) is 19.8 Å². The van der Waals surface area contributed by atoms with Gasteiger partial charge in [0.2, 0.25) is 0 Å². The quantitative estimate of drug-likeness (QED) is 0.610. The number of nitrogens with one attached hydrogen (secondary N) is 1. The van der Waals surface area contributed by atoms with Crippen LogP contribution in [0.25, 0.3) is 0 Å². The minimum Gasteiger partial charge on any atom is -0.389 e. The van der Waals surface area contributed by atoms with Gasteiger partial charge >= 0.3 is 0 Å². The van der Waals surface area contributed by atoms with E-state index < -0.39 is 0 Å². The number of hydrogen-bond donors (Lipinski definition) is 2. The zero-order chi connectivity index (χ0) is 9.03. The Bertz CT molecular complexity index is 134. The Balaban J connectivity index is 1.94. The Hall–Kier alpha value is -0.120. The van der Waals surface area contributed by atoms with E-state index in [-0.39, 0.29) is 6.10 Å². The van der Waals surface area contributed by atoms with Crippen molar-refractivity contribution in [1.82, 2.24) is 5.32 Å². The molecule has 0 aromatic carbocycles. The molecule has 0 bridgehead atoms. The van der Waals surface area contributed by atoms with Crippen molar-refractivity contribution < 1.29 is 9.84 Å². The summed E-state index contributed by atoms with van der Waals surface area (Å²) in [5, 5.41) is 12.5. The van der Waals surface area contributed by atoms with Gasteiger partial charge in [0.05, 0.1) is 12.7 Å². The fourth-order valence-electron chi connectivity index (χ4n) is 1.18. The maximum atomic E-state index is 9.28. The summed E-state index contributed by atoms with van der Waals surface area (Å²) in [7, 11) is 1.60. The number of rotatable bonds is 6. The Morgan fingerprint density at radius 3 is 2.75 bits per heavy atom. The van der Waals surface area contributed by atoms with Gasteiger partial charge in [0.15, 0.2) is 0 Å². The van der Waals surface area contributed by atoms with Gasteiger partial charge in [0.25, 0.3) is 0 Å². The molecule has 12 heavy (non-hydrogen) atoms. The molecule has 2 N–H and O–H groups in total. The lowest BCUT2D eigenvalue weighted by Gasteiger charge is -2.13. The summed E-state index contributed by atoms with van der Waals surface area (Å²) in [5.41, 5.74) is 0.521. The average Bonchev–Trinajstić information content (AvgIpc) is 2.69. The van der Waals surface area contributed by atoms with E-state index in [0.717, 1.165) is 6.54 Å². The van der Waals surface area contributed by atoms with Crippen LogP contribution in [0.15, 0.2) is 0 Å². The van der Waals surface area contributed by atoms with E-state index in [1.54, 1.807) is 7.11 Å². The first-order valence-corrected chi connectivity index (χ1v) is 4.54. The highest BCUT2D eigenvalue weighted by Crippen LogP contribution is 2.43. The van der Waals surface area contributed by atoms with Crippen molar-refractivity contribution in [2.24, 2.45) is 5.41 Å². The lowest BCUT2D eigenvalue weighted by molar-refractivity contribution is 0.0639. The van der Waals surface area contributed by atoms with E-state index in [0.29, 0.717) is 18.6 Å². The van der Waals surface area contributed by atoms with Crippen molar-refractivity contribution in [1.29, 1.82) is 0 Å². The van der Waals surface area contributed by atoms with Crippen molar-refractivity contribution in [3.8, 4) is 0 Å². The van der Waals surface area contributed by atoms with Gasteiger partial charge in [-0.1, -0.05) is 6.92 Å². The van der Waals surface area contributed by atoms with Crippen LogP contribution in [0.4, 0.5) is 0 Å². The summed E-state index contributed by atoms with van der Waals surface area (Å²) < 4.78 is 4.81. The molecule has 0 heterocycles. The summed E-state index contributed by atoms with van der Waals surface area (Å²) >= 11 is 0. The second-order valence-corrected chi connectivity index (χ2v) is 4.05. The molecule has 72 valence electrons. The first kappa shape index (κ1) is 9.96. The SMILES string of the molecule is COCC(O)CNCC1(C)CC1. The summed E-state index contributed by atoms with van der Waals surface area (Å²) in [6, 6.07) is 0. The predicted molar refractivity (Wildman–Crippen MR) is 48.1 cm³/mol. The van der Waals surface area contributed by atoms with Crippen molar-refractivity contribution in [3.63, 3.8) is 0 Å². The van der Waals surface area contributed by atoms with E-state index in [2.05, 4.69) is 12.2 Å². The minimum absolute atomic E-state index is 0.364. The fourth-order valence-corrected chi connectivity index (χ4v) is 1.18. The second kappa shape index (κ2) is 4.21. The average molecular weight is 173 g/mol. The molecule has 1 aliphatic carbocycles. The Kier molecular flexibility index (Phi) is 3.50. The van der Waals surface area contributed by atoms with Gasteiger partial charge in [-0.2, -0.15) is 0 Å². The molecular weight excluding hydrogens is 154 g/mol. The molecule has 1 fully saturated rings. The number of methoxy groups -OCH3 is 1. The van der Waals surface area contributed by atoms with Gasteiger partial charge in [0.1, 0.15) is 0 Å². The van der Waals surface area contributed by atoms with Gasteiger partial charge in [-0.05, 0) is 18.3 Å². The van der Waals surface area contributed by atoms with Crippen LogP contribution in [0.3, 0.4) is 0 Å². The zero-order valence-corrected chi connectivity index (χ0v) is 7.97. The minimum atomic E-state index is -0.364. The molecule has 0 spiro atoms. The third-order valence-electron chi connectivity index (χ3n) is 2.39. The van der Waals surface area contributed by atoms with E-state index >= 15 is 0 Å². The molecule has 0 radical (unpaired) electrons. The Labute approximate surface area is 74.1 Å². The Morgan fingerprint density at radius 1 is 1.58 bits per heavy atom. The number of hydrogen-bond acceptors (Lipinski definition) is 3. The molecule has 0 aromatic rings. The smallest absolute Gasteiger partial charge is 0.0897 e. The normalized spacial score (nSPS) is 22.2. The molecular formula is C9H19NO2. The van der Waals surface area contributed by atoms with Gasteiger partial charge in [-0.15, -0.1) is 0 Å². The largest absolute Gasteiger partial charge is 0.389 e. The van der Waals surface area contributed by atoms with Crippen LogP contribution >= 0.6 is 0 Å². The van der Waals surface area contributed by atoms with Gasteiger partial charge in [-0.3, -0.25) is 0 Å². The highest BCUT2D eigenvalue weighted by atomic mass is 16.5. The van der Waals surface area contributed by atoms with Crippen LogP contribution in [0, 0.1) is 5.41 Å². The number of aliphatic hydroxyl groups is 1. The van der Waals surface area contributed by atoms with Crippen LogP contribution in [0.2, 0.25) is 0 Å². The number of aliphatic hydroxyl groups excluding tert-OH is 1. The zero-order valence-electron chi connectivity index (χ0n) is 7.97. The summed E-state index contributed by atoms with van der Waals surface area (Å²) in [6.07, 6.45) is 2.28. The van der Waals surface area contributed by atoms with E-state index in [1.807, 2.05) is 0 Å². The first-order valence-electron chi connectivity index (χ1n) is 4.54. The lowest BCUT2D eigenvalue weighted by Crippen LogP contribution is -2.33. The summed E-state index contributed by atoms with van der Waals surface area (Å²) in [4.78, 5) is 0. The van der Waals surface area contributed by atoms with Crippen LogP contribution in [0.5, 0.6) is 0 Å². The monoisotopic (exact) mass is 173 g/mol. The maximum absolute atomic E-state index is 9.28. The maximum Gasteiger partial charge on any atom is 0.0897 e. The van der Waals surface area contributed by atoms with Crippen LogP contribution in [-0.4, -0.2) is 38.0 Å². The topological polar surface area (TPSA) is 41.5 Å².